The maximum absolute atomic E-state index is 12.3. The van der Waals surface area contributed by atoms with Crippen molar-refractivity contribution < 1.29 is 19.1 Å². The number of likely N-dealkylation sites (tertiary alicyclic amines) is 2. The smallest absolute Gasteiger partial charge is 0.306 e. The molecule has 2 saturated heterocycles. The Bertz CT molecular complexity index is 525. The van der Waals surface area contributed by atoms with E-state index >= 15 is 0 Å². The number of carbonyl (C=O) groups is 2. The molecule has 2 aliphatic rings. The fourth-order valence-electron chi connectivity index (χ4n) is 4.30. The van der Waals surface area contributed by atoms with Crippen LogP contribution in [0.1, 0.15) is 67.2 Å². The summed E-state index contributed by atoms with van der Waals surface area (Å²) in [7, 11) is 4.21. The molecule has 162 valence electrons. The predicted octanol–water partition coefficient (Wildman–Crippen LogP) is 3.09. The summed E-state index contributed by atoms with van der Waals surface area (Å²) in [6, 6.07) is 0. The van der Waals surface area contributed by atoms with Gasteiger partial charge < -0.3 is 19.3 Å². The number of esters is 2. The number of hydrogen-bond acceptors (Lipinski definition) is 6. The van der Waals surface area contributed by atoms with Crippen LogP contribution in [0.4, 0.5) is 0 Å². The Morgan fingerprint density at radius 2 is 1.11 bits per heavy atom. The van der Waals surface area contributed by atoms with Gasteiger partial charge in [-0.05, 0) is 54.6 Å². The highest BCUT2D eigenvalue weighted by molar-refractivity contribution is 5.77. The third-order valence-electron chi connectivity index (χ3n) is 7.91. The molecule has 0 N–H and O–H groups in total. The van der Waals surface area contributed by atoms with E-state index in [0.717, 1.165) is 25.9 Å². The van der Waals surface area contributed by atoms with Gasteiger partial charge in [0, 0.05) is 36.0 Å². The number of hydrogen-bond donors (Lipinski definition) is 0. The zero-order valence-corrected chi connectivity index (χ0v) is 19.1. The third kappa shape index (κ3) is 4.88. The van der Waals surface area contributed by atoms with Gasteiger partial charge in [-0.1, -0.05) is 13.8 Å². The molecule has 6 nitrogen and oxygen atoms in total. The van der Waals surface area contributed by atoms with Gasteiger partial charge in [-0.2, -0.15) is 0 Å². The molecule has 0 amide bonds. The Hall–Kier alpha value is -1.14. The van der Waals surface area contributed by atoms with Crippen LogP contribution in [0.25, 0.3) is 0 Å². The van der Waals surface area contributed by atoms with Crippen LogP contribution < -0.4 is 0 Å². The van der Waals surface area contributed by atoms with Crippen molar-refractivity contribution >= 4 is 11.9 Å². The van der Waals surface area contributed by atoms with Crippen molar-refractivity contribution in [3.05, 3.63) is 0 Å². The van der Waals surface area contributed by atoms with E-state index in [1.54, 1.807) is 0 Å². The lowest BCUT2D eigenvalue weighted by atomic mass is 9.78. The summed E-state index contributed by atoms with van der Waals surface area (Å²) in [4.78, 5) is 29.2. The van der Waals surface area contributed by atoms with Gasteiger partial charge in [0.25, 0.3) is 0 Å². The van der Waals surface area contributed by atoms with Crippen LogP contribution in [-0.2, 0) is 19.1 Å². The minimum absolute atomic E-state index is 0.0147. The third-order valence-corrected chi connectivity index (χ3v) is 7.91. The Morgan fingerprint density at radius 3 is 1.43 bits per heavy atom. The largest absolute Gasteiger partial charge is 0.462 e. The van der Waals surface area contributed by atoms with Crippen LogP contribution in [0.15, 0.2) is 0 Å². The van der Waals surface area contributed by atoms with Crippen molar-refractivity contribution in [3.63, 3.8) is 0 Å². The van der Waals surface area contributed by atoms with Gasteiger partial charge in [-0.25, -0.2) is 0 Å². The maximum Gasteiger partial charge on any atom is 0.306 e. The van der Waals surface area contributed by atoms with Gasteiger partial charge in [0.1, 0.15) is 12.2 Å². The molecule has 0 aromatic heterocycles. The van der Waals surface area contributed by atoms with Crippen molar-refractivity contribution in [3.8, 4) is 0 Å². The molecular weight excluding hydrogens is 356 g/mol. The highest BCUT2D eigenvalue weighted by Crippen LogP contribution is 2.35. The average Bonchev–Trinajstić information content (AvgIpc) is 2.62. The minimum atomic E-state index is -0.300. The highest BCUT2D eigenvalue weighted by atomic mass is 16.6. The molecule has 0 radical (unpaired) electrons. The van der Waals surface area contributed by atoms with Crippen molar-refractivity contribution in [2.75, 3.05) is 27.2 Å². The lowest BCUT2D eigenvalue weighted by Gasteiger charge is -2.48. The van der Waals surface area contributed by atoms with Gasteiger partial charge >= 0.3 is 11.9 Å². The molecule has 28 heavy (non-hydrogen) atoms. The summed E-state index contributed by atoms with van der Waals surface area (Å²) >= 11 is 0. The summed E-state index contributed by atoms with van der Waals surface area (Å²) in [5, 5.41) is 0. The number of rotatable bonds is 5. The quantitative estimate of drug-likeness (QED) is 0.666. The van der Waals surface area contributed by atoms with E-state index in [-0.39, 0.29) is 59.9 Å². The molecule has 0 aromatic rings. The van der Waals surface area contributed by atoms with Gasteiger partial charge in [0.05, 0.1) is 12.8 Å². The zero-order valence-electron chi connectivity index (χ0n) is 19.1. The summed E-state index contributed by atoms with van der Waals surface area (Å²) in [5.74, 6) is -0.120. The van der Waals surface area contributed by atoms with E-state index in [4.69, 9.17) is 9.47 Å². The second kappa shape index (κ2) is 8.70. The molecule has 2 aliphatic heterocycles. The molecule has 2 fully saturated rings. The van der Waals surface area contributed by atoms with E-state index in [9.17, 15) is 9.59 Å². The topological polar surface area (TPSA) is 59.1 Å². The molecule has 0 spiro atoms. The number of nitrogens with zero attached hydrogens (tertiary/aromatic N) is 2. The van der Waals surface area contributed by atoms with E-state index in [2.05, 4.69) is 65.4 Å². The van der Waals surface area contributed by atoms with Crippen LogP contribution in [0.5, 0.6) is 0 Å². The van der Waals surface area contributed by atoms with Crippen LogP contribution >= 0.6 is 0 Å². The molecule has 0 saturated carbocycles. The Kier molecular flexibility index (Phi) is 7.19. The van der Waals surface area contributed by atoms with Crippen LogP contribution in [0, 0.1) is 11.8 Å². The highest BCUT2D eigenvalue weighted by Gasteiger charge is 2.42. The average molecular weight is 397 g/mol. The predicted molar refractivity (Wildman–Crippen MR) is 110 cm³/mol. The van der Waals surface area contributed by atoms with Crippen molar-refractivity contribution in [1.82, 2.24) is 9.80 Å². The summed E-state index contributed by atoms with van der Waals surface area (Å²) in [5.41, 5.74) is -0.0293. The van der Waals surface area contributed by atoms with E-state index < -0.39 is 0 Å². The summed E-state index contributed by atoms with van der Waals surface area (Å²) in [6.45, 7) is 14.8. The summed E-state index contributed by atoms with van der Waals surface area (Å²) < 4.78 is 11.4. The Labute approximate surface area is 170 Å². The van der Waals surface area contributed by atoms with Gasteiger partial charge in [0.15, 0.2) is 0 Å². The molecule has 2 heterocycles. The molecule has 6 heteroatoms. The maximum atomic E-state index is 12.3. The first-order valence-electron chi connectivity index (χ1n) is 10.7. The monoisotopic (exact) mass is 396 g/mol. The molecule has 0 aromatic carbocycles. The van der Waals surface area contributed by atoms with Crippen LogP contribution in [-0.4, -0.2) is 72.2 Å². The van der Waals surface area contributed by atoms with Gasteiger partial charge in [0.2, 0.25) is 0 Å². The second-order valence-corrected chi connectivity index (χ2v) is 9.86. The molecule has 0 bridgehead atoms. The first-order valence-corrected chi connectivity index (χ1v) is 10.7. The van der Waals surface area contributed by atoms with E-state index in [0.29, 0.717) is 0 Å². The molecule has 0 aliphatic carbocycles. The van der Waals surface area contributed by atoms with Crippen molar-refractivity contribution in [2.24, 2.45) is 11.8 Å². The normalized spacial score (nSPS) is 33.3. The molecule has 2 rings (SSSR count). The number of ether oxygens (including phenoxy) is 2. The summed E-state index contributed by atoms with van der Waals surface area (Å²) in [6.07, 6.45) is 1.65. The second-order valence-electron chi connectivity index (χ2n) is 9.86. The fraction of sp³-hybridized carbons (Fsp3) is 0.909. The van der Waals surface area contributed by atoms with E-state index in [1.165, 1.54) is 0 Å². The minimum Gasteiger partial charge on any atom is -0.462 e. The lowest BCUT2D eigenvalue weighted by Crippen LogP contribution is -2.56. The lowest BCUT2D eigenvalue weighted by molar-refractivity contribution is -0.166. The Morgan fingerprint density at radius 1 is 0.786 bits per heavy atom. The molecule has 4 atom stereocenters. The van der Waals surface area contributed by atoms with Crippen molar-refractivity contribution in [1.29, 1.82) is 0 Å². The standard InChI is InChI=1S/C22H40N2O4/c1-15-17(11-13-23(7)21(15,3)4)27-19(25)9-10-20(26)28-18-12-14-24(8)22(5,6)16(18)2/h15-18H,9-14H2,1-8H3. The SMILES string of the molecule is CC1C(OC(=O)CCC(=O)OC2CCN(C)C(C)(C)C2C)CCN(C)C1(C)C. The first-order chi connectivity index (χ1) is 12.9. The zero-order chi connectivity index (χ0) is 21.3. The van der Waals surface area contributed by atoms with Gasteiger partial charge in [-0.3, -0.25) is 9.59 Å². The van der Waals surface area contributed by atoms with Gasteiger partial charge in [-0.15, -0.1) is 0 Å². The Balaban J connectivity index is 1.79. The van der Waals surface area contributed by atoms with Crippen molar-refractivity contribution in [2.45, 2.75) is 90.5 Å². The fourth-order valence-corrected chi connectivity index (χ4v) is 4.30. The number of piperidine rings is 2. The molecular formula is C22H40N2O4. The van der Waals surface area contributed by atoms with Crippen LogP contribution in [0.2, 0.25) is 0 Å². The first kappa shape index (κ1) is 23.1. The van der Waals surface area contributed by atoms with Crippen LogP contribution in [0.3, 0.4) is 0 Å². The van der Waals surface area contributed by atoms with E-state index in [1.807, 2.05) is 0 Å². The number of carbonyl (C=O) groups excluding carboxylic acids is 2. The molecule has 4 unspecified atom stereocenters.